The van der Waals surface area contributed by atoms with Crippen molar-refractivity contribution in [2.45, 2.75) is 62.8 Å². The van der Waals surface area contributed by atoms with Crippen molar-refractivity contribution >= 4 is 27.7 Å². The second-order valence-electron chi connectivity index (χ2n) is 13.0. The molecule has 2 unspecified atom stereocenters. The fourth-order valence-electron chi connectivity index (χ4n) is 8.09. The van der Waals surface area contributed by atoms with Crippen molar-refractivity contribution in [3.05, 3.63) is 54.5 Å². The zero-order chi connectivity index (χ0) is 29.5. The Kier molecular flexibility index (Phi) is 6.17. The minimum absolute atomic E-state index is 0.0918. The van der Waals surface area contributed by atoms with Gasteiger partial charge in [0.15, 0.2) is 5.82 Å². The maximum absolute atomic E-state index is 15.1. The Morgan fingerprint density at radius 2 is 2.00 bits per heavy atom. The highest BCUT2D eigenvalue weighted by Crippen LogP contribution is 2.42. The van der Waals surface area contributed by atoms with E-state index < -0.39 is 6.17 Å². The third-order valence-corrected chi connectivity index (χ3v) is 9.96. The molecule has 0 radical (unpaired) electrons. The van der Waals surface area contributed by atoms with Crippen molar-refractivity contribution in [2.75, 3.05) is 37.7 Å². The van der Waals surface area contributed by atoms with Crippen LogP contribution in [0.25, 0.3) is 33.0 Å². The zero-order valence-corrected chi connectivity index (χ0v) is 24.3. The molecule has 10 heteroatoms. The van der Waals surface area contributed by atoms with Gasteiger partial charge < -0.3 is 20.1 Å². The SMILES string of the molecule is C=C(C)c1c(F)ccc2cc(O)cc(-c3cc4c(N5CC6CCC(C5)N6)nc(OC[C@@]56CCCN5C[C@H](F)C6)nn4c3)c12. The summed E-state index contributed by atoms with van der Waals surface area (Å²) in [6.45, 7) is 9.17. The first-order valence-electron chi connectivity index (χ1n) is 15.3. The minimum Gasteiger partial charge on any atom is -0.508 e. The molecule has 8 rings (SSSR count). The molecule has 4 atom stereocenters. The average molecular weight is 587 g/mol. The fourth-order valence-corrected chi connectivity index (χ4v) is 8.09. The quantitative estimate of drug-likeness (QED) is 0.317. The maximum Gasteiger partial charge on any atom is 0.336 e. The molecular formula is C33H36F2N6O2. The predicted molar refractivity (Wildman–Crippen MR) is 163 cm³/mol. The van der Waals surface area contributed by atoms with Gasteiger partial charge >= 0.3 is 6.01 Å². The molecule has 224 valence electrons. The summed E-state index contributed by atoms with van der Waals surface area (Å²) < 4.78 is 37.7. The van der Waals surface area contributed by atoms with E-state index in [-0.39, 0.29) is 23.1 Å². The molecule has 2 bridgehead atoms. The van der Waals surface area contributed by atoms with Crippen molar-refractivity contribution in [1.29, 1.82) is 0 Å². The van der Waals surface area contributed by atoms with Crippen LogP contribution in [0, 0.1) is 5.82 Å². The van der Waals surface area contributed by atoms with Crippen molar-refractivity contribution in [3.8, 4) is 22.9 Å². The number of allylic oxidation sites excluding steroid dienone is 1. The van der Waals surface area contributed by atoms with Gasteiger partial charge in [-0.15, -0.1) is 5.10 Å². The number of piperazine rings is 1. The Balaban J connectivity index is 1.25. The predicted octanol–water partition coefficient (Wildman–Crippen LogP) is 5.32. The highest BCUT2D eigenvalue weighted by molar-refractivity contribution is 6.05. The van der Waals surface area contributed by atoms with Crippen molar-refractivity contribution in [1.82, 2.24) is 24.8 Å². The largest absolute Gasteiger partial charge is 0.508 e. The smallest absolute Gasteiger partial charge is 0.336 e. The van der Waals surface area contributed by atoms with E-state index in [0.29, 0.717) is 53.7 Å². The van der Waals surface area contributed by atoms with Gasteiger partial charge in [0.1, 0.15) is 29.9 Å². The monoisotopic (exact) mass is 586 g/mol. The Labute approximate surface area is 248 Å². The highest BCUT2D eigenvalue weighted by Gasteiger charge is 2.49. The van der Waals surface area contributed by atoms with Crippen LogP contribution in [-0.2, 0) is 0 Å². The first-order valence-corrected chi connectivity index (χ1v) is 15.3. The van der Waals surface area contributed by atoms with E-state index in [1.54, 1.807) is 29.6 Å². The number of phenols is 1. The second-order valence-corrected chi connectivity index (χ2v) is 13.0. The Morgan fingerprint density at radius 3 is 2.79 bits per heavy atom. The highest BCUT2D eigenvalue weighted by atomic mass is 19.1. The summed E-state index contributed by atoms with van der Waals surface area (Å²) in [6, 6.07) is 9.47. The van der Waals surface area contributed by atoms with Crippen LogP contribution >= 0.6 is 0 Å². The van der Waals surface area contributed by atoms with Crippen molar-refractivity contribution in [3.63, 3.8) is 0 Å². The molecule has 0 spiro atoms. The summed E-state index contributed by atoms with van der Waals surface area (Å²) in [7, 11) is 0. The van der Waals surface area contributed by atoms with Gasteiger partial charge in [0.2, 0.25) is 0 Å². The van der Waals surface area contributed by atoms with Crippen LogP contribution < -0.4 is 15.0 Å². The molecule has 4 aliphatic heterocycles. The first-order chi connectivity index (χ1) is 20.8. The number of fused-ring (bicyclic) bond motifs is 5. The Hall–Kier alpha value is -3.76. The lowest BCUT2D eigenvalue weighted by Crippen LogP contribution is -2.51. The minimum atomic E-state index is -0.836. The second kappa shape index (κ2) is 9.89. The van der Waals surface area contributed by atoms with E-state index >= 15 is 4.39 Å². The van der Waals surface area contributed by atoms with Gasteiger partial charge in [-0.3, -0.25) is 4.90 Å². The van der Waals surface area contributed by atoms with Gasteiger partial charge in [0, 0.05) is 60.8 Å². The third-order valence-electron chi connectivity index (χ3n) is 9.96. The molecule has 43 heavy (non-hydrogen) atoms. The molecular weight excluding hydrogens is 550 g/mol. The van der Waals surface area contributed by atoms with Gasteiger partial charge in [-0.25, -0.2) is 13.3 Å². The van der Waals surface area contributed by atoms with Gasteiger partial charge in [-0.05, 0) is 79.9 Å². The van der Waals surface area contributed by atoms with Crippen LogP contribution in [0.15, 0.2) is 43.1 Å². The molecule has 8 nitrogen and oxygen atoms in total. The van der Waals surface area contributed by atoms with Crippen molar-refractivity contribution < 1.29 is 18.6 Å². The molecule has 4 aromatic rings. The van der Waals surface area contributed by atoms with E-state index in [4.69, 9.17) is 14.8 Å². The number of aromatic hydroxyl groups is 1. The molecule has 6 heterocycles. The summed E-state index contributed by atoms with van der Waals surface area (Å²) >= 11 is 0. The first kappa shape index (κ1) is 26.8. The number of ether oxygens (including phenoxy) is 1. The van der Waals surface area contributed by atoms with Gasteiger partial charge in [-0.1, -0.05) is 12.6 Å². The van der Waals surface area contributed by atoms with Gasteiger partial charge in [-0.2, -0.15) is 4.98 Å². The lowest BCUT2D eigenvalue weighted by atomic mass is 9.92. The zero-order valence-electron chi connectivity index (χ0n) is 24.3. The van der Waals surface area contributed by atoms with Crippen LogP contribution in [-0.4, -0.2) is 81.2 Å². The lowest BCUT2D eigenvalue weighted by molar-refractivity contribution is 0.106. The molecule has 4 saturated heterocycles. The summed E-state index contributed by atoms with van der Waals surface area (Å²) in [6.07, 6.45) is 5.73. The van der Waals surface area contributed by atoms with Crippen LogP contribution in [0.2, 0.25) is 0 Å². The topological polar surface area (TPSA) is 78.2 Å². The molecule has 2 aromatic heterocycles. The van der Waals surface area contributed by atoms with Gasteiger partial charge in [0.25, 0.3) is 0 Å². The number of nitrogens with zero attached hydrogens (tertiary/aromatic N) is 5. The summed E-state index contributed by atoms with van der Waals surface area (Å²) in [5, 5.41) is 20.5. The molecule has 0 aliphatic carbocycles. The Bertz CT molecular complexity index is 1760. The number of halogens is 2. The molecule has 0 amide bonds. The Morgan fingerprint density at radius 1 is 1.19 bits per heavy atom. The number of hydrogen-bond donors (Lipinski definition) is 2. The van der Waals surface area contributed by atoms with E-state index in [9.17, 15) is 9.50 Å². The lowest BCUT2D eigenvalue weighted by Gasteiger charge is -2.34. The van der Waals surface area contributed by atoms with Gasteiger partial charge in [0.05, 0.1) is 5.54 Å². The fraction of sp³-hybridized carbons (Fsp3) is 0.455. The molecule has 4 aliphatic rings. The molecule has 4 fully saturated rings. The van der Waals surface area contributed by atoms with Crippen LogP contribution in [0.1, 0.15) is 44.6 Å². The van der Waals surface area contributed by atoms with Crippen molar-refractivity contribution in [2.24, 2.45) is 0 Å². The average Bonchev–Trinajstić information content (AvgIpc) is 3.72. The molecule has 0 saturated carbocycles. The number of phenolic OH excluding ortho intramolecular Hbond substituents is 1. The van der Waals surface area contributed by atoms with Crippen LogP contribution in [0.4, 0.5) is 14.6 Å². The number of hydrogen-bond acceptors (Lipinski definition) is 7. The number of alkyl halides is 1. The number of nitrogens with one attached hydrogen (secondary N) is 1. The number of rotatable bonds is 6. The normalized spacial score (nSPS) is 27.0. The van der Waals surface area contributed by atoms with E-state index in [2.05, 4.69) is 21.7 Å². The van der Waals surface area contributed by atoms with E-state index in [0.717, 1.165) is 67.6 Å². The van der Waals surface area contributed by atoms with E-state index in [1.165, 1.54) is 6.07 Å². The number of anilines is 1. The maximum atomic E-state index is 15.1. The van der Waals surface area contributed by atoms with Crippen LogP contribution in [0.3, 0.4) is 0 Å². The summed E-state index contributed by atoms with van der Waals surface area (Å²) in [4.78, 5) is 9.50. The summed E-state index contributed by atoms with van der Waals surface area (Å²) in [5.74, 6) is 0.515. The van der Waals surface area contributed by atoms with Crippen LogP contribution in [0.5, 0.6) is 11.8 Å². The van der Waals surface area contributed by atoms with E-state index in [1.807, 2.05) is 12.3 Å². The third kappa shape index (κ3) is 4.45. The summed E-state index contributed by atoms with van der Waals surface area (Å²) in [5.41, 5.74) is 2.99. The molecule has 2 N–H and O–H groups in total. The standard InChI is InChI=1S/C33H36F2N6O2/c1-19(2)29-27(35)7-4-20-10-25(42)12-26(30(20)29)21-11-28-31(39-16-23-5-6-24(17-39)36-23)37-32(38-41(28)14-21)43-18-33-8-3-9-40(33)15-22(34)13-33/h4,7,10-12,14,22-24,36,42H,1,3,5-6,8-9,13,15-18H2,2H3/t22-,23?,24?,33+/m1/s1. The number of aromatic nitrogens is 3. The number of benzene rings is 2. The molecule has 2 aromatic carbocycles.